The van der Waals surface area contributed by atoms with Crippen molar-refractivity contribution in [3.63, 3.8) is 0 Å². The number of carbonyl (C=O) groups is 1. The number of rotatable bonds is 4. The molecule has 1 unspecified atom stereocenters. The van der Waals surface area contributed by atoms with Gasteiger partial charge in [0, 0.05) is 18.2 Å². The predicted octanol–water partition coefficient (Wildman–Crippen LogP) is 2.56. The van der Waals surface area contributed by atoms with Crippen LogP contribution >= 0.6 is 0 Å². The molecule has 4 heteroatoms. The molecule has 1 amide bonds. The molecule has 1 atom stereocenters. The molecule has 1 aromatic heterocycles. The molecular weight excluding hydrogens is 238 g/mol. The van der Waals surface area contributed by atoms with Crippen LogP contribution in [-0.4, -0.2) is 23.5 Å². The average Bonchev–Trinajstić information content (AvgIpc) is 2.41. The predicted molar refractivity (Wildman–Crippen MR) is 77.2 cm³/mol. The van der Waals surface area contributed by atoms with Crippen LogP contribution in [0.2, 0.25) is 0 Å². The van der Waals surface area contributed by atoms with Crippen LogP contribution in [0.15, 0.2) is 12.1 Å². The highest BCUT2D eigenvalue weighted by atomic mass is 16.1. The van der Waals surface area contributed by atoms with Crippen molar-refractivity contribution in [2.75, 3.05) is 11.9 Å². The van der Waals surface area contributed by atoms with Crippen molar-refractivity contribution in [1.82, 2.24) is 10.3 Å². The number of hydrogen-bond donors (Lipinski definition) is 2. The molecule has 1 fully saturated rings. The SMILES string of the molecule is Cc1ccc(NC(=O)CCC2CCCCN2)c(C)n1. The largest absolute Gasteiger partial charge is 0.325 e. The number of hydrogen-bond acceptors (Lipinski definition) is 3. The Bertz CT molecular complexity index is 439. The normalized spacial score (nSPS) is 19.2. The minimum Gasteiger partial charge on any atom is -0.325 e. The summed E-state index contributed by atoms with van der Waals surface area (Å²) in [5.41, 5.74) is 2.68. The number of amides is 1. The molecule has 0 bridgehead atoms. The van der Waals surface area contributed by atoms with Gasteiger partial charge in [0.25, 0.3) is 0 Å². The van der Waals surface area contributed by atoms with E-state index in [1.54, 1.807) is 0 Å². The highest BCUT2D eigenvalue weighted by Crippen LogP contribution is 2.15. The smallest absolute Gasteiger partial charge is 0.224 e. The Labute approximate surface area is 115 Å². The molecule has 104 valence electrons. The van der Waals surface area contributed by atoms with Crippen molar-refractivity contribution in [3.05, 3.63) is 23.5 Å². The molecule has 2 N–H and O–H groups in total. The van der Waals surface area contributed by atoms with Gasteiger partial charge in [-0.3, -0.25) is 9.78 Å². The number of anilines is 1. The lowest BCUT2D eigenvalue weighted by Gasteiger charge is -2.23. The Morgan fingerprint density at radius 1 is 1.42 bits per heavy atom. The molecule has 1 aromatic rings. The molecule has 19 heavy (non-hydrogen) atoms. The maximum atomic E-state index is 11.9. The van der Waals surface area contributed by atoms with Gasteiger partial charge in [0.05, 0.1) is 11.4 Å². The Morgan fingerprint density at radius 3 is 2.95 bits per heavy atom. The Hall–Kier alpha value is -1.42. The Morgan fingerprint density at radius 2 is 2.26 bits per heavy atom. The van der Waals surface area contributed by atoms with E-state index in [2.05, 4.69) is 15.6 Å². The van der Waals surface area contributed by atoms with E-state index in [-0.39, 0.29) is 5.91 Å². The van der Waals surface area contributed by atoms with E-state index >= 15 is 0 Å². The van der Waals surface area contributed by atoms with Crippen molar-refractivity contribution >= 4 is 11.6 Å². The van der Waals surface area contributed by atoms with Gasteiger partial charge in [-0.1, -0.05) is 6.42 Å². The zero-order valence-corrected chi connectivity index (χ0v) is 11.8. The molecule has 1 saturated heterocycles. The zero-order valence-electron chi connectivity index (χ0n) is 11.8. The Balaban J connectivity index is 1.80. The van der Waals surface area contributed by atoms with Crippen molar-refractivity contribution < 1.29 is 4.79 Å². The third-order valence-corrected chi connectivity index (χ3v) is 3.63. The third kappa shape index (κ3) is 4.31. The topological polar surface area (TPSA) is 54.0 Å². The van der Waals surface area contributed by atoms with Crippen LogP contribution in [-0.2, 0) is 4.79 Å². The fraction of sp³-hybridized carbons (Fsp3) is 0.600. The van der Waals surface area contributed by atoms with Gasteiger partial charge in [-0.15, -0.1) is 0 Å². The number of aryl methyl sites for hydroxylation is 2. The quantitative estimate of drug-likeness (QED) is 0.876. The van der Waals surface area contributed by atoms with Crippen LogP contribution in [0.5, 0.6) is 0 Å². The van der Waals surface area contributed by atoms with Crippen LogP contribution in [0, 0.1) is 13.8 Å². The fourth-order valence-corrected chi connectivity index (χ4v) is 2.51. The second-order valence-electron chi connectivity index (χ2n) is 5.32. The highest BCUT2D eigenvalue weighted by molar-refractivity contribution is 5.91. The van der Waals surface area contributed by atoms with Gasteiger partial charge in [0.2, 0.25) is 5.91 Å². The maximum Gasteiger partial charge on any atom is 0.224 e. The number of carbonyl (C=O) groups excluding carboxylic acids is 1. The van der Waals surface area contributed by atoms with Crippen molar-refractivity contribution in [3.8, 4) is 0 Å². The fourth-order valence-electron chi connectivity index (χ4n) is 2.51. The summed E-state index contributed by atoms with van der Waals surface area (Å²) < 4.78 is 0. The van der Waals surface area contributed by atoms with E-state index in [1.165, 1.54) is 19.3 Å². The zero-order chi connectivity index (χ0) is 13.7. The molecule has 1 aliphatic heterocycles. The summed E-state index contributed by atoms with van der Waals surface area (Å²) in [6, 6.07) is 4.36. The van der Waals surface area contributed by atoms with Crippen molar-refractivity contribution in [2.24, 2.45) is 0 Å². The lowest BCUT2D eigenvalue weighted by Crippen LogP contribution is -2.34. The van der Waals surface area contributed by atoms with Gasteiger partial charge < -0.3 is 10.6 Å². The van der Waals surface area contributed by atoms with E-state index < -0.39 is 0 Å². The monoisotopic (exact) mass is 261 g/mol. The van der Waals surface area contributed by atoms with Crippen LogP contribution in [0.3, 0.4) is 0 Å². The molecule has 2 rings (SSSR count). The summed E-state index contributed by atoms with van der Waals surface area (Å²) in [7, 11) is 0. The van der Waals surface area contributed by atoms with E-state index in [0.717, 1.165) is 30.0 Å². The summed E-state index contributed by atoms with van der Waals surface area (Å²) >= 11 is 0. The molecule has 0 aromatic carbocycles. The highest BCUT2D eigenvalue weighted by Gasteiger charge is 2.14. The lowest BCUT2D eigenvalue weighted by atomic mass is 10.0. The van der Waals surface area contributed by atoms with Gasteiger partial charge in [0.15, 0.2) is 0 Å². The molecule has 2 heterocycles. The minimum absolute atomic E-state index is 0.0844. The summed E-state index contributed by atoms with van der Waals surface area (Å²) in [4.78, 5) is 16.3. The minimum atomic E-state index is 0.0844. The van der Waals surface area contributed by atoms with Gasteiger partial charge in [0.1, 0.15) is 0 Å². The van der Waals surface area contributed by atoms with Crippen LogP contribution in [0.1, 0.15) is 43.5 Å². The number of nitrogens with one attached hydrogen (secondary N) is 2. The van der Waals surface area contributed by atoms with Crippen LogP contribution < -0.4 is 10.6 Å². The summed E-state index contributed by atoms with van der Waals surface area (Å²) in [6.07, 6.45) is 5.23. The maximum absolute atomic E-state index is 11.9. The average molecular weight is 261 g/mol. The first-order valence-corrected chi connectivity index (χ1v) is 7.12. The van der Waals surface area contributed by atoms with Gasteiger partial charge >= 0.3 is 0 Å². The van der Waals surface area contributed by atoms with Gasteiger partial charge in [-0.05, 0) is 51.8 Å². The molecule has 0 aliphatic carbocycles. The number of nitrogens with zero attached hydrogens (tertiary/aromatic N) is 1. The number of aromatic nitrogens is 1. The molecule has 0 radical (unpaired) electrons. The number of pyridine rings is 1. The molecule has 0 spiro atoms. The first-order valence-electron chi connectivity index (χ1n) is 7.12. The second kappa shape index (κ2) is 6.66. The standard InChI is InChI=1S/C15H23N3O/c1-11-6-8-14(12(2)17-11)18-15(19)9-7-13-5-3-4-10-16-13/h6,8,13,16H,3-5,7,9-10H2,1-2H3,(H,18,19). The lowest BCUT2D eigenvalue weighted by molar-refractivity contribution is -0.116. The van der Waals surface area contributed by atoms with Gasteiger partial charge in [-0.25, -0.2) is 0 Å². The molecule has 4 nitrogen and oxygen atoms in total. The summed E-state index contributed by atoms with van der Waals surface area (Å²) in [5, 5.41) is 6.41. The van der Waals surface area contributed by atoms with Gasteiger partial charge in [-0.2, -0.15) is 0 Å². The second-order valence-corrected chi connectivity index (χ2v) is 5.32. The van der Waals surface area contributed by atoms with E-state index in [0.29, 0.717) is 12.5 Å². The first kappa shape index (κ1) is 14.0. The molecule has 1 aliphatic rings. The Kier molecular flexibility index (Phi) is 4.91. The number of piperidine rings is 1. The van der Waals surface area contributed by atoms with E-state index in [1.807, 2.05) is 26.0 Å². The molecule has 0 saturated carbocycles. The van der Waals surface area contributed by atoms with Crippen molar-refractivity contribution in [1.29, 1.82) is 0 Å². The third-order valence-electron chi connectivity index (χ3n) is 3.63. The summed E-state index contributed by atoms with van der Waals surface area (Å²) in [5.74, 6) is 0.0844. The van der Waals surface area contributed by atoms with Crippen LogP contribution in [0.25, 0.3) is 0 Å². The van der Waals surface area contributed by atoms with Crippen molar-refractivity contribution in [2.45, 2.75) is 52.0 Å². The summed E-state index contributed by atoms with van der Waals surface area (Å²) in [6.45, 7) is 4.96. The van der Waals surface area contributed by atoms with Crippen LogP contribution in [0.4, 0.5) is 5.69 Å². The van der Waals surface area contributed by atoms with E-state index in [9.17, 15) is 4.79 Å². The first-order chi connectivity index (χ1) is 9.15. The molecular formula is C15H23N3O. The van der Waals surface area contributed by atoms with E-state index in [4.69, 9.17) is 0 Å².